The molecule has 3 aromatic rings. The Hall–Kier alpha value is -2.94. The Morgan fingerprint density at radius 3 is 2.20 bits per heavy atom. The van der Waals surface area contributed by atoms with Gasteiger partial charge >= 0.3 is 6.18 Å². The smallest absolute Gasteiger partial charge is 0.265 e. The minimum absolute atomic E-state index is 0.0670. The molecular formula is C21H18F4N2O2S. The minimum Gasteiger partial charge on any atom is -0.265 e. The third kappa shape index (κ3) is 5.35. The van der Waals surface area contributed by atoms with Crippen molar-refractivity contribution in [3.8, 4) is 11.1 Å². The van der Waals surface area contributed by atoms with Gasteiger partial charge in [0.05, 0.1) is 11.9 Å². The van der Waals surface area contributed by atoms with Crippen LogP contribution < -0.4 is 4.31 Å². The summed E-state index contributed by atoms with van der Waals surface area (Å²) < 4.78 is 78.0. The largest absolute Gasteiger partial charge is 0.407 e. The highest BCUT2D eigenvalue weighted by atomic mass is 32.2. The van der Waals surface area contributed by atoms with E-state index in [4.69, 9.17) is 0 Å². The van der Waals surface area contributed by atoms with E-state index in [2.05, 4.69) is 4.98 Å². The molecule has 30 heavy (non-hydrogen) atoms. The lowest BCUT2D eigenvalue weighted by atomic mass is 9.99. The zero-order chi connectivity index (χ0) is 21.9. The van der Waals surface area contributed by atoms with Crippen LogP contribution in [0.25, 0.3) is 11.1 Å². The van der Waals surface area contributed by atoms with Gasteiger partial charge in [0.15, 0.2) is 0 Å². The number of rotatable bonds is 6. The van der Waals surface area contributed by atoms with Crippen molar-refractivity contribution in [2.45, 2.75) is 12.6 Å². The first-order chi connectivity index (χ1) is 14.0. The molecule has 0 bridgehead atoms. The second kappa shape index (κ2) is 8.43. The standard InChI is InChI=1S/C21H18F4N2O2S/c1-30(28,29)27(14-21(23,24)25)20-5-3-2-4-18(20)12-17-7-6-16(13-19(17)22)15-8-10-26-11-9-15/h2-11,13H,12,14H2,1H3. The Kier molecular flexibility index (Phi) is 6.12. The van der Waals surface area contributed by atoms with Crippen LogP contribution in [0.15, 0.2) is 67.0 Å². The van der Waals surface area contributed by atoms with E-state index < -0.39 is 28.6 Å². The van der Waals surface area contributed by atoms with E-state index in [0.717, 1.165) is 5.56 Å². The molecule has 0 saturated carbocycles. The molecule has 0 atom stereocenters. The molecule has 0 aliphatic carbocycles. The van der Waals surface area contributed by atoms with Crippen molar-refractivity contribution in [1.29, 1.82) is 0 Å². The Balaban J connectivity index is 1.97. The molecule has 1 aromatic heterocycles. The van der Waals surface area contributed by atoms with Gasteiger partial charge in [0, 0.05) is 18.8 Å². The fourth-order valence-electron chi connectivity index (χ4n) is 3.07. The van der Waals surface area contributed by atoms with Gasteiger partial charge in [-0.1, -0.05) is 30.3 Å². The molecule has 1 heterocycles. The fourth-order valence-corrected chi connectivity index (χ4v) is 3.98. The van der Waals surface area contributed by atoms with Gasteiger partial charge in [-0.2, -0.15) is 13.2 Å². The fraction of sp³-hybridized carbons (Fsp3) is 0.190. The van der Waals surface area contributed by atoms with Crippen molar-refractivity contribution in [3.63, 3.8) is 0 Å². The van der Waals surface area contributed by atoms with Gasteiger partial charge in [-0.15, -0.1) is 0 Å². The second-order valence-corrected chi connectivity index (χ2v) is 8.64. The summed E-state index contributed by atoms with van der Waals surface area (Å²) in [6.07, 6.45) is -0.925. The monoisotopic (exact) mass is 438 g/mol. The Morgan fingerprint density at radius 2 is 1.60 bits per heavy atom. The van der Waals surface area contributed by atoms with Crippen LogP contribution in [0.3, 0.4) is 0 Å². The first-order valence-corrected chi connectivity index (χ1v) is 10.7. The molecule has 4 nitrogen and oxygen atoms in total. The lowest BCUT2D eigenvalue weighted by Gasteiger charge is -2.26. The summed E-state index contributed by atoms with van der Waals surface area (Å²) in [5.74, 6) is -0.541. The molecule has 0 amide bonds. The highest BCUT2D eigenvalue weighted by molar-refractivity contribution is 7.92. The number of halogens is 4. The number of anilines is 1. The van der Waals surface area contributed by atoms with E-state index in [9.17, 15) is 26.0 Å². The lowest BCUT2D eigenvalue weighted by molar-refractivity contribution is -0.117. The van der Waals surface area contributed by atoms with Gasteiger partial charge in [0.2, 0.25) is 10.0 Å². The van der Waals surface area contributed by atoms with Crippen LogP contribution in [0.4, 0.5) is 23.2 Å². The average molecular weight is 438 g/mol. The predicted molar refractivity (Wildman–Crippen MR) is 107 cm³/mol. The lowest BCUT2D eigenvalue weighted by Crippen LogP contribution is -2.39. The van der Waals surface area contributed by atoms with Crippen LogP contribution in [0.5, 0.6) is 0 Å². The van der Waals surface area contributed by atoms with Crippen molar-refractivity contribution in [2.24, 2.45) is 0 Å². The molecule has 158 valence electrons. The number of sulfonamides is 1. The Bertz CT molecular complexity index is 1130. The van der Waals surface area contributed by atoms with E-state index in [1.54, 1.807) is 36.7 Å². The highest BCUT2D eigenvalue weighted by Gasteiger charge is 2.35. The third-order valence-electron chi connectivity index (χ3n) is 4.43. The summed E-state index contributed by atoms with van der Waals surface area (Å²) in [6.45, 7) is -1.66. The number of alkyl halides is 3. The van der Waals surface area contributed by atoms with Gasteiger partial charge in [0.1, 0.15) is 12.4 Å². The maximum atomic E-state index is 14.7. The summed E-state index contributed by atoms with van der Waals surface area (Å²) in [5, 5.41) is 0. The summed E-state index contributed by atoms with van der Waals surface area (Å²) >= 11 is 0. The SMILES string of the molecule is CS(=O)(=O)N(CC(F)(F)F)c1ccccc1Cc1ccc(-c2ccncc2)cc1F. The molecule has 0 fully saturated rings. The van der Waals surface area contributed by atoms with Crippen molar-refractivity contribution >= 4 is 15.7 Å². The Labute approximate surface area is 171 Å². The van der Waals surface area contributed by atoms with E-state index in [1.165, 1.54) is 30.3 Å². The molecule has 0 N–H and O–H groups in total. The van der Waals surface area contributed by atoms with Gasteiger partial charge in [0.25, 0.3) is 0 Å². The first-order valence-electron chi connectivity index (χ1n) is 8.86. The van der Waals surface area contributed by atoms with Crippen LogP contribution in [0, 0.1) is 5.82 Å². The second-order valence-electron chi connectivity index (χ2n) is 6.73. The minimum atomic E-state index is -4.73. The number of nitrogens with zero attached hydrogens (tertiary/aromatic N) is 2. The van der Waals surface area contributed by atoms with Crippen molar-refractivity contribution in [2.75, 3.05) is 17.1 Å². The number of hydrogen-bond acceptors (Lipinski definition) is 3. The normalized spacial score (nSPS) is 12.0. The van der Waals surface area contributed by atoms with Gasteiger partial charge in [-0.25, -0.2) is 12.8 Å². The number of hydrogen-bond donors (Lipinski definition) is 0. The van der Waals surface area contributed by atoms with E-state index in [1.807, 2.05) is 0 Å². The van der Waals surface area contributed by atoms with Crippen LogP contribution >= 0.6 is 0 Å². The summed E-state index contributed by atoms with van der Waals surface area (Å²) in [7, 11) is -4.21. The molecular weight excluding hydrogens is 420 g/mol. The number of para-hydroxylation sites is 1. The predicted octanol–water partition coefficient (Wildman–Crippen LogP) is 4.81. The summed E-state index contributed by atoms with van der Waals surface area (Å²) in [5.41, 5.74) is 1.77. The summed E-state index contributed by atoms with van der Waals surface area (Å²) in [4.78, 5) is 3.91. The zero-order valence-electron chi connectivity index (χ0n) is 15.9. The Morgan fingerprint density at radius 1 is 0.933 bits per heavy atom. The molecule has 0 unspecified atom stereocenters. The van der Waals surface area contributed by atoms with Crippen LogP contribution in [0.1, 0.15) is 11.1 Å². The quantitative estimate of drug-likeness (QED) is 0.519. The molecule has 2 aromatic carbocycles. The van der Waals surface area contributed by atoms with Crippen molar-refractivity contribution in [3.05, 3.63) is 83.9 Å². The highest BCUT2D eigenvalue weighted by Crippen LogP contribution is 2.30. The van der Waals surface area contributed by atoms with Crippen LogP contribution in [-0.4, -0.2) is 32.4 Å². The zero-order valence-corrected chi connectivity index (χ0v) is 16.7. The van der Waals surface area contributed by atoms with Crippen molar-refractivity contribution < 1.29 is 26.0 Å². The molecule has 0 aliphatic heterocycles. The topological polar surface area (TPSA) is 50.3 Å². The number of pyridine rings is 1. The summed E-state index contributed by atoms with van der Waals surface area (Å²) in [6, 6.07) is 13.8. The third-order valence-corrected chi connectivity index (χ3v) is 5.56. The van der Waals surface area contributed by atoms with Gasteiger partial charge < -0.3 is 0 Å². The van der Waals surface area contributed by atoms with Crippen LogP contribution in [0.2, 0.25) is 0 Å². The van der Waals surface area contributed by atoms with E-state index in [-0.39, 0.29) is 23.2 Å². The van der Waals surface area contributed by atoms with E-state index in [0.29, 0.717) is 16.1 Å². The molecule has 3 rings (SSSR count). The van der Waals surface area contributed by atoms with Gasteiger partial charge in [-0.05, 0) is 46.5 Å². The van der Waals surface area contributed by atoms with Gasteiger partial charge in [-0.3, -0.25) is 9.29 Å². The maximum absolute atomic E-state index is 14.7. The molecule has 0 radical (unpaired) electrons. The molecule has 0 saturated heterocycles. The average Bonchev–Trinajstić information content (AvgIpc) is 2.67. The van der Waals surface area contributed by atoms with Crippen LogP contribution in [-0.2, 0) is 16.4 Å². The van der Waals surface area contributed by atoms with Crippen molar-refractivity contribution in [1.82, 2.24) is 4.98 Å². The number of aromatic nitrogens is 1. The maximum Gasteiger partial charge on any atom is 0.407 e. The molecule has 0 aliphatic rings. The molecule has 0 spiro atoms. The first kappa shape index (κ1) is 21.8. The number of benzene rings is 2. The molecule has 9 heteroatoms. The van der Waals surface area contributed by atoms with E-state index >= 15 is 0 Å².